The lowest BCUT2D eigenvalue weighted by atomic mass is 10.00. The van der Waals surface area contributed by atoms with Crippen LogP contribution >= 0.6 is 0 Å². The summed E-state index contributed by atoms with van der Waals surface area (Å²) in [5.41, 5.74) is -1.42. The van der Waals surface area contributed by atoms with Gasteiger partial charge in [-0.25, -0.2) is 13.6 Å². The van der Waals surface area contributed by atoms with E-state index >= 15 is 0 Å². The van der Waals surface area contributed by atoms with Crippen LogP contribution in [0.15, 0.2) is 12.1 Å². The van der Waals surface area contributed by atoms with Crippen molar-refractivity contribution in [2.75, 3.05) is 6.61 Å². The van der Waals surface area contributed by atoms with Gasteiger partial charge in [0.2, 0.25) is 0 Å². The second-order valence-electron chi connectivity index (χ2n) is 3.68. The quantitative estimate of drug-likeness (QED) is 0.617. The smallest absolute Gasteiger partial charge is 0.338 e. The Kier molecular flexibility index (Phi) is 4.71. The zero-order valence-electron chi connectivity index (χ0n) is 9.18. The molecule has 5 nitrogen and oxygen atoms in total. The second kappa shape index (κ2) is 5.85. The number of carboxylic acids is 1. The molecule has 2 unspecified atom stereocenters. The molecule has 7 heteroatoms. The van der Waals surface area contributed by atoms with E-state index in [1.807, 2.05) is 0 Å². The summed E-state index contributed by atoms with van der Waals surface area (Å²) in [6.07, 6.45) is -3.43. The van der Waals surface area contributed by atoms with Crippen molar-refractivity contribution in [1.29, 1.82) is 0 Å². The number of aliphatic hydroxyl groups excluding tert-OH is 3. The van der Waals surface area contributed by atoms with Crippen LogP contribution in [-0.4, -0.2) is 39.1 Å². The number of aliphatic hydroxyl groups is 3. The van der Waals surface area contributed by atoms with Crippen LogP contribution in [0.1, 0.15) is 28.4 Å². The third-order valence-electron chi connectivity index (χ3n) is 2.42. The van der Waals surface area contributed by atoms with Crippen molar-refractivity contribution in [3.05, 3.63) is 34.9 Å². The number of carbonyl (C=O) groups is 1. The fourth-order valence-corrected chi connectivity index (χ4v) is 1.45. The van der Waals surface area contributed by atoms with Crippen molar-refractivity contribution in [3.63, 3.8) is 0 Å². The standard InChI is InChI=1S/C11H12F2O5/c12-7-4-6(11(17)18)8(13)3-5(7)10(16)9(15)1-2-14/h3-4,9-10,14-16H,1-2H2,(H,17,18). The second-order valence-corrected chi connectivity index (χ2v) is 3.68. The van der Waals surface area contributed by atoms with Gasteiger partial charge in [0, 0.05) is 12.2 Å². The third kappa shape index (κ3) is 3.00. The Morgan fingerprint density at radius 1 is 1.22 bits per heavy atom. The summed E-state index contributed by atoms with van der Waals surface area (Å²) in [5, 5.41) is 36.0. The zero-order valence-corrected chi connectivity index (χ0v) is 9.18. The summed E-state index contributed by atoms with van der Waals surface area (Å²) >= 11 is 0. The van der Waals surface area contributed by atoms with E-state index in [0.29, 0.717) is 12.1 Å². The molecule has 0 aromatic heterocycles. The Bertz CT molecular complexity index is 449. The lowest BCUT2D eigenvalue weighted by molar-refractivity contribution is 0.00218. The highest BCUT2D eigenvalue weighted by atomic mass is 19.1. The third-order valence-corrected chi connectivity index (χ3v) is 2.42. The minimum atomic E-state index is -1.74. The van der Waals surface area contributed by atoms with Gasteiger partial charge >= 0.3 is 5.97 Å². The molecule has 0 aliphatic carbocycles. The average Bonchev–Trinajstić information content (AvgIpc) is 2.30. The van der Waals surface area contributed by atoms with Gasteiger partial charge in [-0.2, -0.15) is 0 Å². The fraction of sp³-hybridized carbons (Fsp3) is 0.364. The topological polar surface area (TPSA) is 98.0 Å². The monoisotopic (exact) mass is 262 g/mol. The van der Waals surface area contributed by atoms with Gasteiger partial charge in [0.05, 0.1) is 11.7 Å². The van der Waals surface area contributed by atoms with Crippen LogP contribution in [0.25, 0.3) is 0 Å². The highest BCUT2D eigenvalue weighted by Crippen LogP contribution is 2.24. The first-order valence-corrected chi connectivity index (χ1v) is 5.07. The Balaban J connectivity index is 3.11. The van der Waals surface area contributed by atoms with Gasteiger partial charge in [-0.1, -0.05) is 0 Å². The van der Waals surface area contributed by atoms with E-state index < -0.39 is 47.5 Å². The Labute approximate surface area is 101 Å². The highest BCUT2D eigenvalue weighted by Gasteiger charge is 2.24. The lowest BCUT2D eigenvalue weighted by Gasteiger charge is -2.18. The van der Waals surface area contributed by atoms with Crippen LogP contribution in [0.4, 0.5) is 8.78 Å². The fourth-order valence-electron chi connectivity index (χ4n) is 1.45. The average molecular weight is 262 g/mol. The number of hydrogen-bond donors (Lipinski definition) is 4. The Hall–Kier alpha value is -1.57. The molecule has 18 heavy (non-hydrogen) atoms. The molecule has 0 heterocycles. The number of halogens is 2. The van der Waals surface area contributed by atoms with Crippen molar-refractivity contribution < 1.29 is 34.0 Å². The van der Waals surface area contributed by atoms with Gasteiger partial charge in [-0.15, -0.1) is 0 Å². The van der Waals surface area contributed by atoms with Gasteiger partial charge in [0.15, 0.2) is 0 Å². The van der Waals surface area contributed by atoms with Gasteiger partial charge in [-0.3, -0.25) is 0 Å². The zero-order chi connectivity index (χ0) is 13.9. The molecule has 0 aliphatic heterocycles. The number of benzene rings is 1. The Morgan fingerprint density at radius 2 is 1.83 bits per heavy atom. The molecular formula is C11H12F2O5. The largest absolute Gasteiger partial charge is 0.478 e. The van der Waals surface area contributed by atoms with Crippen LogP contribution in [0.2, 0.25) is 0 Å². The molecule has 0 saturated heterocycles. The van der Waals surface area contributed by atoms with E-state index in [4.69, 9.17) is 10.2 Å². The molecule has 4 N–H and O–H groups in total. The predicted octanol–water partition coefficient (Wildman–Crippen LogP) is 0.440. The van der Waals surface area contributed by atoms with Crippen LogP contribution in [0.5, 0.6) is 0 Å². The predicted molar refractivity (Wildman–Crippen MR) is 56.0 cm³/mol. The number of carboxylic acid groups (broad SMARTS) is 1. The van der Waals surface area contributed by atoms with Gasteiger partial charge in [0.1, 0.15) is 17.7 Å². The van der Waals surface area contributed by atoms with Crippen molar-refractivity contribution in [2.24, 2.45) is 0 Å². The molecule has 1 aromatic rings. The molecule has 2 atom stereocenters. The van der Waals surface area contributed by atoms with E-state index in [1.54, 1.807) is 0 Å². The van der Waals surface area contributed by atoms with E-state index in [0.717, 1.165) is 0 Å². The van der Waals surface area contributed by atoms with E-state index in [-0.39, 0.29) is 6.42 Å². The number of aromatic carboxylic acids is 1. The van der Waals surface area contributed by atoms with Crippen LogP contribution in [-0.2, 0) is 0 Å². The van der Waals surface area contributed by atoms with Crippen LogP contribution < -0.4 is 0 Å². The normalized spacial score (nSPS) is 14.3. The summed E-state index contributed by atoms with van der Waals surface area (Å²) in [6, 6.07) is 0.950. The first-order valence-electron chi connectivity index (χ1n) is 5.07. The summed E-state index contributed by atoms with van der Waals surface area (Å²) < 4.78 is 26.8. The number of hydrogen-bond acceptors (Lipinski definition) is 4. The molecule has 0 saturated carbocycles. The van der Waals surface area contributed by atoms with Crippen molar-refractivity contribution in [3.8, 4) is 0 Å². The molecule has 0 aliphatic rings. The van der Waals surface area contributed by atoms with Crippen molar-refractivity contribution in [1.82, 2.24) is 0 Å². The molecule has 0 spiro atoms. The molecule has 0 fully saturated rings. The summed E-state index contributed by atoms with van der Waals surface area (Å²) in [4.78, 5) is 10.5. The molecule has 0 amide bonds. The maximum Gasteiger partial charge on any atom is 0.338 e. The van der Waals surface area contributed by atoms with E-state index in [1.165, 1.54) is 0 Å². The first kappa shape index (κ1) is 14.5. The van der Waals surface area contributed by atoms with Crippen molar-refractivity contribution in [2.45, 2.75) is 18.6 Å². The SMILES string of the molecule is O=C(O)c1cc(F)c(C(O)C(O)CCO)cc1F. The minimum Gasteiger partial charge on any atom is -0.478 e. The molecule has 100 valence electrons. The van der Waals surface area contributed by atoms with Gasteiger partial charge in [0.25, 0.3) is 0 Å². The van der Waals surface area contributed by atoms with Crippen LogP contribution in [0, 0.1) is 11.6 Å². The molecule has 1 rings (SSSR count). The van der Waals surface area contributed by atoms with Crippen LogP contribution in [0.3, 0.4) is 0 Å². The van der Waals surface area contributed by atoms with Crippen molar-refractivity contribution >= 4 is 5.97 Å². The summed E-state index contributed by atoms with van der Waals surface area (Å²) in [6.45, 7) is -0.435. The summed E-state index contributed by atoms with van der Waals surface area (Å²) in [7, 11) is 0. The Morgan fingerprint density at radius 3 is 2.33 bits per heavy atom. The van der Waals surface area contributed by atoms with Gasteiger partial charge in [-0.05, 0) is 18.6 Å². The summed E-state index contributed by atoms with van der Waals surface area (Å²) in [5.74, 6) is -3.99. The molecule has 0 radical (unpaired) electrons. The highest BCUT2D eigenvalue weighted by molar-refractivity contribution is 5.88. The minimum absolute atomic E-state index is 0.219. The maximum absolute atomic E-state index is 13.5. The number of rotatable bonds is 5. The maximum atomic E-state index is 13.5. The first-order chi connectivity index (χ1) is 8.38. The lowest BCUT2D eigenvalue weighted by Crippen LogP contribution is -2.21. The van der Waals surface area contributed by atoms with Gasteiger partial charge < -0.3 is 20.4 Å². The van der Waals surface area contributed by atoms with E-state index in [9.17, 15) is 23.8 Å². The molecule has 0 bridgehead atoms. The van der Waals surface area contributed by atoms with E-state index in [2.05, 4.69) is 0 Å². The molecular weight excluding hydrogens is 250 g/mol. The molecule has 1 aromatic carbocycles.